The third-order valence-electron chi connectivity index (χ3n) is 4.26. The summed E-state index contributed by atoms with van der Waals surface area (Å²) in [6, 6.07) is 0. The Hall–Kier alpha value is -0.990. The first-order valence-corrected chi connectivity index (χ1v) is 10.2. The van der Waals surface area contributed by atoms with Crippen LogP contribution in [0.25, 0.3) is 0 Å². The summed E-state index contributed by atoms with van der Waals surface area (Å²) in [5, 5.41) is 13.9. The molecule has 0 bridgehead atoms. The minimum atomic E-state index is -1.83. The Balaban J connectivity index is 0. The maximum absolute atomic E-state index is 8.56. The Labute approximate surface area is 150 Å². The van der Waals surface area contributed by atoms with E-state index in [1.165, 1.54) is 109 Å². The van der Waals surface area contributed by atoms with Gasteiger partial charge in [0.05, 0.1) is 0 Å². The summed E-state index contributed by atoms with van der Waals surface area (Å²) in [4.78, 5) is 8.56. The van der Waals surface area contributed by atoms with Gasteiger partial charge in [-0.1, -0.05) is 109 Å². The fraction of sp³-hybridized carbons (Fsp3) is 0.857. The van der Waals surface area contributed by atoms with Crippen molar-refractivity contribution in [2.75, 3.05) is 0 Å². The van der Waals surface area contributed by atoms with Gasteiger partial charge in [-0.05, 0) is 12.8 Å². The highest BCUT2D eigenvalue weighted by atomic mass is 16.6. The van der Waals surface area contributed by atoms with Gasteiger partial charge in [0.2, 0.25) is 0 Å². The summed E-state index contributed by atoms with van der Waals surface area (Å²) in [5.41, 5.74) is 0. The summed E-state index contributed by atoms with van der Waals surface area (Å²) in [7, 11) is 0. The zero-order valence-electron chi connectivity index (χ0n) is 16.1. The Morgan fingerprint density at radius 3 is 1.17 bits per heavy atom. The maximum atomic E-state index is 8.56. The van der Waals surface area contributed by atoms with Gasteiger partial charge in [-0.15, -0.1) is 6.58 Å². The summed E-state index contributed by atoms with van der Waals surface area (Å²) < 4.78 is 0. The SMILES string of the molecule is C=CCCCCCCCCCCCCCCCCCC.O=C(O)O. The molecule has 0 heterocycles. The van der Waals surface area contributed by atoms with Crippen molar-refractivity contribution in [1.29, 1.82) is 0 Å². The van der Waals surface area contributed by atoms with Crippen LogP contribution in [0.4, 0.5) is 4.79 Å². The topological polar surface area (TPSA) is 57.5 Å². The third-order valence-corrected chi connectivity index (χ3v) is 4.26. The van der Waals surface area contributed by atoms with Crippen molar-refractivity contribution in [3.05, 3.63) is 12.7 Å². The molecular formula is C21H42O3. The molecule has 0 spiro atoms. The van der Waals surface area contributed by atoms with E-state index in [1.807, 2.05) is 6.08 Å². The lowest BCUT2D eigenvalue weighted by molar-refractivity contribution is 0.137. The number of rotatable bonds is 17. The van der Waals surface area contributed by atoms with E-state index in [4.69, 9.17) is 15.0 Å². The summed E-state index contributed by atoms with van der Waals surface area (Å²) in [5.74, 6) is 0. The molecule has 0 fully saturated rings. The van der Waals surface area contributed by atoms with Crippen molar-refractivity contribution in [3.63, 3.8) is 0 Å². The van der Waals surface area contributed by atoms with Crippen LogP contribution in [0.2, 0.25) is 0 Å². The number of carbonyl (C=O) groups is 1. The molecular weight excluding hydrogens is 300 g/mol. The average Bonchev–Trinajstić information content (AvgIpc) is 2.54. The Kier molecular flexibility index (Phi) is 25.5. The van der Waals surface area contributed by atoms with Crippen LogP contribution < -0.4 is 0 Å². The molecule has 0 atom stereocenters. The van der Waals surface area contributed by atoms with E-state index < -0.39 is 6.16 Å². The second kappa shape index (κ2) is 24.3. The van der Waals surface area contributed by atoms with Crippen LogP contribution in [-0.2, 0) is 0 Å². The molecule has 24 heavy (non-hydrogen) atoms. The third kappa shape index (κ3) is 32.8. The molecule has 0 radical (unpaired) electrons. The summed E-state index contributed by atoms with van der Waals surface area (Å²) >= 11 is 0. The molecule has 0 aliphatic heterocycles. The number of unbranched alkanes of at least 4 members (excludes halogenated alkanes) is 16. The van der Waals surface area contributed by atoms with E-state index in [9.17, 15) is 0 Å². The monoisotopic (exact) mass is 342 g/mol. The molecule has 0 unspecified atom stereocenters. The lowest BCUT2D eigenvalue weighted by atomic mass is 10.0. The van der Waals surface area contributed by atoms with E-state index in [0.29, 0.717) is 0 Å². The molecule has 0 aromatic rings. The van der Waals surface area contributed by atoms with Crippen molar-refractivity contribution < 1.29 is 15.0 Å². The van der Waals surface area contributed by atoms with Crippen molar-refractivity contribution in [1.82, 2.24) is 0 Å². The molecule has 3 heteroatoms. The van der Waals surface area contributed by atoms with E-state index in [-0.39, 0.29) is 0 Å². The van der Waals surface area contributed by atoms with Crippen molar-refractivity contribution in [2.24, 2.45) is 0 Å². The lowest BCUT2D eigenvalue weighted by Crippen LogP contribution is -1.83. The minimum Gasteiger partial charge on any atom is -0.450 e. The molecule has 0 amide bonds. The van der Waals surface area contributed by atoms with Crippen molar-refractivity contribution in [3.8, 4) is 0 Å². The molecule has 0 aromatic carbocycles. The van der Waals surface area contributed by atoms with Gasteiger partial charge in [0.15, 0.2) is 0 Å². The first kappa shape index (κ1) is 25.3. The summed E-state index contributed by atoms with van der Waals surface area (Å²) in [6.45, 7) is 6.06. The van der Waals surface area contributed by atoms with Gasteiger partial charge in [0.25, 0.3) is 0 Å². The van der Waals surface area contributed by atoms with Crippen LogP contribution in [0.1, 0.15) is 116 Å². The fourth-order valence-corrected chi connectivity index (χ4v) is 2.84. The van der Waals surface area contributed by atoms with Gasteiger partial charge >= 0.3 is 6.16 Å². The second-order valence-electron chi connectivity index (χ2n) is 6.66. The summed E-state index contributed by atoms with van der Waals surface area (Å²) in [6.07, 6.45) is 24.6. The average molecular weight is 343 g/mol. The maximum Gasteiger partial charge on any atom is 0.503 e. The molecule has 0 aromatic heterocycles. The van der Waals surface area contributed by atoms with Crippen LogP contribution in [0, 0.1) is 0 Å². The van der Waals surface area contributed by atoms with Crippen LogP contribution in [0.15, 0.2) is 12.7 Å². The highest BCUT2D eigenvalue weighted by Crippen LogP contribution is 2.13. The smallest absolute Gasteiger partial charge is 0.450 e. The Bertz CT molecular complexity index is 247. The highest BCUT2D eigenvalue weighted by molar-refractivity contribution is 5.53. The zero-order chi connectivity index (χ0) is 18.3. The van der Waals surface area contributed by atoms with Crippen LogP contribution in [0.3, 0.4) is 0 Å². The number of allylic oxidation sites excluding steroid dienone is 1. The fourth-order valence-electron chi connectivity index (χ4n) is 2.84. The van der Waals surface area contributed by atoms with Gasteiger partial charge in [-0.3, -0.25) is 0 Å². The molecule has 0 aliphatic carbocycles. The van der Waals surface area contributed by atoms with E-state index in [0.717, 1.165) is 0 Å². The van der Waals surface area contributed by atoms with Crippen LogP contribution in [0.5, 0.6) is 0 Å². The first-order chi connectivity index (χ1) is 11.6. The van der Waals surface area contributed by atoms with E-state index >= 15 is 0 Å². The van der Waals surface area contributed by atoms with E-state index in [2.05, 4.69) is 13.5 Å². The number of carboxylic acid groups (broad SMARTS) is 2. The number of hydrogen-bond acceptors (Lipinski definition) is 1. The molecule has 0 aliphatic rings. The standard InChI is InChI=1S/C20H40.CH2O3/c1-3-5-7-9-11-13-15-17-19-20-18-16-14-12-10-8-6-4-2;2-1(3)4/h3H,1,4-20H2,2H3;(H2,2,3,4). The second-order valence-corrected chi connectivity index (χ2v) is 6.66. The van der Waals surface area contributed by atoms with Crippen LogP contribution >= 0.6 is 0 Å². The van der Waals surface area contributed by atoms with Gasteiger partial charge in [-0.25, -0.2) is 4.79 Å². The van der Waals surface area contributed by atoms with Gasteiger partial charge in [-0.2, -0.15) is 0 Å². The van der Waals surface area contributed by atoms with Crippen molar-refractivity contribution >= 4 is 6.16 Å². The highest BCUT2D eigenvalue weighted by Gasteiger charge is 1.94. The van der Waals surface area contributed by atoms with E-state index in [1.54, 1.807) is 0 Å². The molecule has 144 valence electrons. The molecule has 3 nitrogen and oxygen atoms in total. The Morgan fingerprint density at radius 1 is 0.667 bits per heavy atom. The molecule has 0 rings (SSSR count). The normalized spacial score (nSPS) is 10.0. The predicted molar refractivity (Wildman–Crippen MR) is 105 cm³/mol. The van der Waals surface area contributed by atoms with Gasteiger partial charge in [0.1, 0.15) is 0 Å². The molecule has 0 saturated carbocycles. The van der Waals surface area contributed by atoms with Gasteiger partial charge < -0.3 is 10.2 Å². The molecule has 2 N–H and O–H groups in total. The molecule has 0 saturated heterocycles. The number of hydrogen-bond donors (Lipinski definition) is 2. The first-order valence-electron chi connectivity index (χ1n) is 10.2. The van der Waals surface area contributed by atoms with Gasteiger partial charge in [0, 0.05) is 0 Å². The van der Waals surface area contributed by atoms with Crippen LogP contribution in [-0.4, -0.2) is 16.4 Å². The Morgan fingerprint density at radius 2 is 0.917 bits per heavy atom. The lowest BCUT2D eigenvalue weighted by Gasteiger charge is -2.03. The quantitative estimate of drug-likeness (QED) is 0.208. The van der Waals surface area contributed by atoms with Crippen molar-refractivity contribution in [2.45, 2.75) is 116 Å². The predicted octanol–water partition coefficient (Wildman–Crippen LogP) is 8.05. The largest absolute Gasteiger partial charge is 0.503 e. The zero-order valence-corrected chi connectivity index (χ0v) is 16.1. The minimum absolute atomic E-state index is 1.21.